The first kappa shape index (κ1) is 24.8. The largest absolute Gasteiger partial charge is 0.299 e. The highest BCUT2D eigenvalue weighted by atomic mass is 32.1. The van der Waals surface area contributed by atoms with Crippen molar-refractivity contribution < 1.29 is 4.39 Å². The zero-order chi connectivity index (χ0) is 29.6. The Balaban J connectivity index is 1.22. The molecule has 5 heterocycles. The topological polar surface area (TPSA) is 35.1 Å². The Morgan fingerprint density at radius 1 is 0.556 bits per heavy atom. The Bertz CT molecular complexity index is 2790. The van der Waals surface area contributed by atoms with Crippen LogP contribution < -0.4 is 0 Å². The summed E-state index contributed by atoms with van der Waals surface area (Å²) in [4.78, 5) is 9.38. The van der Waals surface area contributed by atoms with Gasteiger partial charge in [-0.2, -0.15) is 0 Å². The predicted octanol–water partition coefficient (Wildman–Crippen LogP) is 10.6. The van der Waals surface area contributed by atoms with Crippen LogP contribution in [-0.4, -0.2) is 18.9 Å². The molecule has 0 spiro atoms. The van der Waals surface area contributed by atoms with Crippen molar-refractivity contribution in [2.45, 2.75) is 6.17 Å². The van der Waals surface area contributed by atoms with E-state index in [1.807, 2.05) is 73.1 Å². The standard InChI is InChI=1S/C39H23FN4S/c40-38(23-12-14-25-26-7-1-3-9-30(26)43-20-19-42-39(43)29(25)21-23)24-13-15-27-32(22-24)44(35-11-5-6-18-41-35)31-16-17-34-37(36(27)31)28-8-2-4-10-33(28)45-34/h1-22,38H. The molecule has 0 fully saturated rings. The summed E-state index contributed by atoms with van der Waals surface area (Å²) in [6.07, 6.45) is 4.26. The van der Waals surface area contributed by atoms with Gasteiger partial charge in [0.05, 0.1) is 16.6 Å². The van der Waals surface area contributed by atoms with E-state index in [2.05, 4.69) is 68.5 Å². The first-order valence-corrected chi connectivity index (χ1v) is 15.8. The van der Waals surface area contributed by atoms with Crippen molar-refractivity contribution in [3.8, 4) is 5.82 Å². The third-order valence-corrected chi connectivity index (χ3v) is 10.3. The van der Waals surface area contributed by atoms with Crippen LogP contribution in [0.1, 0.15) is 17.3 Å². The molecule has 5 aromatic heterocycles. The van der Waals surface area contributed by atoms with Gasteiger partial charge in [-0.1, -0.05) is 66.7 Å². The van der Waals surface area contributed by atoms with Gasteiger partial charge in [0.2, 0.25) is 0 Å². The molecular weight excluding hydrogens is 576 g/mol. The van der Waals surface area contributed by atoms with E-state index in [1.165, 1.54) is 25.6 Å². The minimum Gasteiger partial charge on any atom is -0.299 e. The average Bonchev–Trinajstić information content (AvgIpc) is 3.82. The number of hydrogen-bond donors (Lipinski definition) is 0. The van der Waals surface area contributed by atoms with Crippen molar-refractivity contribution in [3.05, 3.63) is 145 Å². The Morgan fingerprint density at radius 3 is 2.24 bits per heavy atom. The van der Waals surface area contributed by atoms with Crippen molar-refractivity contribution in [2.75, 3.05) is 0 Å². The molecule has 4 nitrogen and oxygen atoms in total. The molecule has 1 atom stereocenters. The summed E-state index contributed by atoms with van der Waals surface area (Å²) in [6, 6.07) is 39.1. The Kier molecular flexibility index (Phi) is 5.08. The fourth-order valence-corrected chi connectivity index (χ4v) is 8.28. The van der Waals surface area contributed by atoms with Gasteiger partial charge >= 0.3 is 0 Å². The molecule has 5 aromatic carbocycles. The third-order valence-electron chi connectivity index (χ3n) is 9.14. The number of imidazole rings is 1. The van der Waals surface area contributed by atoms with Crippen LogP contribution in [-0.2, 0) is 0 Å². The lowest BCUT2D eigenvalue weighted by Gasteiger charge is -2.14. The second-order valence-electron chi connectivity index (χ2n) is 11.5. The predicted molar refractivity (Wildman–Crippen MR) is 185 cm³/mol. The molecule has 45 heavy (non-hydrogen) atoms. The molecule has 0 aliphatic heterocycles. The molecule has 0 saturated carbocycles. The van der Waals surface area contributed by atoms with Gasteiger partial charge in [0.1, 0.15) is 11.5 Å². The van der Waals surface area contributed by atoms with Gasteiger partial charge in [-0.3, -0.25) is 8.97 Å². The number of para-hydroxylation sites is 1. The maximum Gasteiger partial charge on any atom is 0.150 e. The summed E-state index contributed by atoms with van der Waals surface area (Å²) in [6.45, 7) is 0. The van der Waals surface area contributed by atoms with Crippen LogP contribution in [0.25, 0.3) is 75.1 Å². The highest BCUT2D eigenvalue weighted by Gasteiger charge is 2.21. The smallest absolute Gasteiger partial charge is 0.150 e. The van der Waals surface area contributed by atoms with Crippen LogP contribution in [0.15, 0.2) is 134 Å². The second-order valence-corrected chi connectivity index (χ2v) is 12.6. The van der Waals surface area contributed by atoms with E-state index in [1.54, 1.807) is 17.5 Å². The molecule has 0 aliphatic rings. The number of thiophene rings is 1. The molecule has 0 bridgehead atoms. The summed E-state index contributed by atoms with van der Waals surface area (Å²) < 4.78 is 23.5. The van der Waals surface area contributed by atoms with Gasteiger partial charge in [0.15, 0.2) is 6.17 Å². The van der Waals surface area contributed by atoms with Crippen LogP contribution in [0.3, 0.4) is 0 Å². The molecule has 0 radical (unpaired) electrons. The lowest BCUT2D eigenvalue weighted by Crippen LogP contribution is -1.99. The third kappa shape index (κ3) is 3.45. The van der Waals surface area contributed by atoms with Crippen LogP contribution in [0, 0.1) is 0 Å². The molecule has 10 rings (SSSR count). The van der Waals surface area contributed by atoms with Crippen LogP contribution in [0.5, 0.6) is 0 Å². The number of fused-ring (bicyclic) bond motifs is 13. The molecule has 212 valence electrons. The van der Waals surface area contributed by atoms with Gasteiger partial charge in [0.25, 0.3) is 0 Å². The summed E-state index contributed by atoms with van der Waals surface area (Å²) >= 11 is 1.81. The zero-order valence-corrected chi connectivity index (χ0v) is 24.7. The van der Waals surface area contributed by atoms with Gasteiger partial charge in [0, 0.05) is 60.3 Å². The van der Waals surface area contributed by atoms with Gasteiger partial charge in [-0.15, -0.1) is 11.3 Å². The number of benzene rings is 5. The van der Waals surface area contributed by atoms with Crippen molar-refractivity contribution >= 4 is 80.6 Å². The second kappa shape index (κ2) is 9.21. The summed E-state index contributed by atoms with van der Waals surface area (Å²) in [7, 11) is 0. The van der Waals surface area contributed by atoms with Crippen molar-refractivity contribution in [2.24, 2.45) is 0 Å². The lowest BCUT2D eigenvalue weighted by molar-refractivity contribution is 0.402. The molecule has 0 N–H and O–H groups in total. The van der Waals surface area contributed by atoms with Crippen molar-refractivity contribution in [1.82, 2.24) is 18.9 Å². The quantitative estimate of drug-likeness (QED) is 0.190. The molecule has 0 amide bonds. The number of nitrogens with zero attached hydrogens (tertiary/aromatic N) is 4. The monoisotopic (exact) mass is 598 g/mol. The zero-order valence-electron chi connectivity index (χ0n) is 23.9. The molecule has 0 aliphatic carbocycles. The number of pyridine rings is 2. The Hall–Kier alpha value is -5.59. The molecule has 0 saturated heterocycles. The number of aromatic nitrogens is 4. The minimum absolute atomic E-state index is 0.605. The number of hydrogen-bond acceptors (Lipinski definition) is 3. The fourth-order valence-electron chi connectivity index (χ4n) is 7.17. The maximum absolute atomic E-state index is 16.7. The number of rotatable bonds is 3. The number of halogens is 1. The summed E-state index contributed by atoms with van der Waals surface area (Å²) in [5.41, 5.74) is 5.13. The Labute approximate surface area is 260 Å². The van der Waals surface area contributed by atoms with E-state index in [0.717, 1.165) is 49.6 Å². The first-order valence-electron chi connectivity index (χ1n) is 15.0. The van der Waals surface area contributed by atoms with E-state index in [-0.39, 0.29) is 0 Å². The molecule has 6 heteroatoms. The minimum atomic E-state index is -1.32. The highest BCUT2D eigenvalue weighted by Crippen LogP contribution is 2.44. The van der Waals surface area contributed by atoms with Crippen LogP contribution in [0.4, 0.5) is 4.39 Å². The maximum atomic E-state index is 16.7. The number of alkyl halides is 1. The van der Waals surface area contributed by atoms with E-state index in [4.69, 9.17) is 4.98 Å². The van der Waals surface area contributed by atoms with Gasteiger partial charge in [-0.25, -0.2) is 14.4 Å². The summed E-state index contributed by atoms with van der Waals surface area (Å²) in [5, 5.41) is 7.87. The van der Waals surface area contributed by atoms with Crippen molar-refractivity contribution in [3.63, 3.8) is 0 Å². The SMILES string of the molecule is FC(c1ccc2c3ccccc3n3ccnc3c2c1)c1ccc2c3c4c(ccc3n(-c3ccccn3)c2c1)sc1ccccc14. The van der Waals surface area contributed by atoms with E-state index in [0.29, 0.717) is 11.1 Å². The Morgan fingerprint density at radius 2 is 1.36 bits per heavy atom. The average molecular weight is 599 g/mol. The van der Waals surface area contributed by atoms with E-state index >= 15 is 4.39 Å². The van der Waals surface area contributed by atoms with Crippen molar-refractivity contribution in [1.29, 1.82) is 0 Å². The highest BCUT2D eigenvalue weighted by molar-refractivity contribution is 7.26. The van der Waals surface area contributed by atoms with Gasteiger partial charge < -0.3 is 0 Å². The molecule has 10 aromatic rings. The normalized spacial score (nSPS) is 12.9. The molecule has 1 unspecified atom stereocenters. The van der Waals surface area contributed by atoms with Gasteiger partial charge in [-0.05, 0) is 65.0 Å². The fraction of sp³-hybridized carbons (Fsp3) is 0.0256. The van der Waals surface area contributed by atoms with E-state index < -0.39 is 6.17 Å². The van der Waals surface area contributed by atoms with Crippen LogP contribution in [0.2, 0.25) is 0 Å². The van der Waals surface area contributed by atoms with E-state index in [9.17, 15) is 0 Å². The van der Waals surface area contributed by atoms with Crippen LogP contribution >= 0.6 is 11.3 Å². The molecular formula is C39H23FN4S. The first-order chi connectivity index (χ1) is 22.2. The lowest BCUT2D eigenvalue weighted by atomic mass is 9.97. The summed E-state index contributed by atoms with van der Waals surface area (Å²) in [5.74, 6) is 0.809.